The normalized spacial score (nSPS) is 18.6. The molecular formula is C15H16FNO3. The van der Waals surface area contributed by atoms with Crippen LogP contribution in [0.15, 0.2) is 30.3 Å². The van der Waals surface area contributed by atoms with Gasteiger partial charge in [-0.05, 0) is 36.1 Å². The lowest BCUT2D eigenvalue weighted by molar-refractivity contribution is -0.138. The molecule has 0 radical (unpaired) electrons. The highest BCUT2D eigenvalue weighted by atomic mass is 19.1. The number of carboxylic acids is 1. The zero-order valence-electron chi connectivity index (χ0n) is 11.0. The molecular weight excluding hydrogens is 261 g/mol. The second-order valence-electron chi connectivity index (χ2n) is 4.92. The van der Waals surface area contributed by atoms with E-state index in [2.05, 4.69) is 0 Å². The lowest BCUT2D eigenvalue weighted by atomic mass is 10.1. The molecule has 0 bridgehead atoms. The summed E-state index contributed by atoms with van der Waals surface area (Å²) in [7, 11) is 0. The zero-order chi connectivity index (χ0) is 14.5. The van der Waals surface area contributed by atoms with E-state index in [0.717, 1.165) is 12.0 Å². The molecule has 0 spiro atoms. The molecule has 1 aromatic carbocycles. The Morgan fingerprint density at radius 1 is 1.35 bits per heavy atom. The third-order valence-corrected chi connectivity index (χ3v) is 3.35. The quantitative estimate of drug-likeness (QED) is 0.858. The van der Waals surface area contributed by atoms with Gasteiger partial charge in [-0.25, -0.2) is 4.39 Å². The Morgan fingerprint density at radius 2 is 2.05 bits per heavy atom. The number of hydrogen-bond acceptors (Lipinski definition) is 2. The number of benzene rings is 1. The molecule has 1 atom stereocenters. The average Bonchev–Trinajstić information content (AvgIpc) is 2.85. The van der Waals surface area contributed by atoms with Gasteiger partial charge in [0.15, 0.2) is 0 Å². The van der Waals surface area contributed by atoms with Crippen LogP contribution in [0.2, 0.25) is 0 Å². The second-order valence-corrected chi connectivity index (χ2v) is 4.92. The van der Waals surface area contributed by atoms with Crippen molar-refractivity contribution in [3.05, 3.63) is 41.7 Å². The largest absolute Gasteiger partial charge is 0.481 e. The summed E-state index contributed by atoms with van der Waals surface area (Å²) in [6.45, 7) is 1.07. The molecule has 0 aliphatic carbocycles. The molecule has 2 rings (SSSR count). The molecule has 0 saturated carbocycles. The minimum atomic E-state index is -0.828. The highest BCUT2D eigenvalue weighted by Gasteiger charge is 2.26. The van der Waals surface area contributed by atoms with E-state index in [0.29, 0.717) is 13.1 Å². The molecule has 5 heteroatoms. The van der Waals surface area contributed by atoms with Crippen molar-refractivity contribution in [2.45, 2.75) is 12.8 Å². The third kappa shape index (κ3) is 3.91. The summed E-state index contributed by atoms with van der Waals surface area (Å²) in [5.41, 5.74) is 0.751. The number of aliphatic carboxylic acids is 1. The summed E-state index contributed by atoms with van der Waals surface area (Å²) in [5.74, 6) is -1.24. The summed E-state index contributed by atoms with van der Waals surface area (Å²) in [4.78, 5) is 24.2. The van der Waals surface area contributed by atoms with E-state index in [1.807, 2.05) is 0 Å². The van der Waals surface area contributed by atoms with Crippen molar-refractivity contribution in [3.63, 3.8) is 0 Å². The van der Waals surface area contributed by atoms with Crippen molar-refractivity contribution in [2.75, 3.05) is 13.1 Å². The lowest BCUT2D eigenvalue weighted by Gasteiger charge is -2.13. The van der Waals surface area contributed by atoms with E-state index in [9.17, 15) is 14.0 Å². The molecule has 0 aromatic heterocycles. The fourth-order valence-corrected chi connectivity index (χ4v) is 2.29. The van der Waals surface area contributed by atoms with Crippen LogP contribution in [0.1, 0.15) is 18.4 Å². The van der Waals surface area contributed by atoms with Crippen LogP contribution in [0, 0.1) is 11.7 Å². The van der Waals surface area contributed by atoms with Crippen LogP contribution in [-0.2, 0) is 9.59 Å². The average molecular weight is 277 g/mol. The fourth-order valence-electron chi connectivity index (χ4n) is 2.29. The number of carboxylic acid groups (broad SMARTS) is 1. The summed E-state index contributed by atoms with van der Waals surface area (Å²) < 4.78 is 12.7. The van der Waals surface area contributed by atoms with Gasteiger partial charge in [0.2, 0.25) is 5.91 Å². The predicted molar refractivity (Wildman–Crippen MR) is 72.4 cm³/mol. The minimum absolute atomic E-state index is 0.0377. The maximum absolute atomic E-state index is 12.7. The Balaban J connectivity index is 1.89. The first kappa shape index (κ1) is 14.2. The van der Waals surface area contributed by atoms with E-state index in [1.165, 1.54) is 18.2 Å². The second kappa shape index (κ2) is 6.32. The van der Waals surface area contributed by atoms with Gasteiger partial charge in [0.25, 0.3) is 0 Å². The number of carbonyl (C=O) groups excluding carboxylic acids is 1. The Hall–Kier alpha value is -2.17. The van der Waals surface area contributed by atoms with Gasteiger partial charge in [-0.15, -0.1) is 0 Å². The first-order valence-corrected chi connectivity index (χ1v) is 6.49. The zero-order valence-corrected chi connectivity index (χ0v) is 11.0. The number of hydrogen-bond donors (Lipinski definition) is 1. The number of rotatable bonds is 4. The molecule has 4 nitrogen and oxygen atoms in total. The third-order valence-electron chi connectivity index (χ3n) is 3.35. The predicted octanol–water partition coefficient (Wildman–Crippen LogP) is 2.16. The number of nitrogens with zero attached hydrogens (tertiary/aromatic N) is 1. The van der Waals surface area contributed by atoms with Gasteiger partial charge in [0.1, 0.15) is 5.82 Å². The Bertz CT molecular complexity index is 524. The molecule has 1 aliphatic heterocycles. The van der Waals surface area contributed by atoms with Crippen molar-refractivity contribution < 1.29 is 19.1 Å². The topological polar surface area (TPSA) is 57.6 Å². The number of amides is 1. The maximum Gasteiger partial charge on any atom is 0.303 e. The van der Waals surface area contributed by atoms with Crippen molar-refractivity contribution in [1.29, 1.82) is 0 Å². The van der Waals surface area contributed by atoms with E-state index in [-0.39, 0.29) is 24.1 Å². The van der Waals surface area contributed by atoms with Gasteiger partial charge in [-0.3, -0.25) is 9.59 Å². The first-order chi connectivity index (χ1) is 9.54. The van der Waals surface area contributed by atoms with Crippen LogP contribution in [0.5, 0.6) is 0 Å². The molecule has 1 heterocycles. The van der Waals surface area contributed by atoms with Crippen LogP contribution in [0.25, 0.3) is 6.08 Å². The molecule has 1 N–H and O–H groups in total. The maximum atomic E-state index is 12.7. The molecule has 1 aromatic rings. The monoisotopic (exact) mass is 277 g/mol. The lowest BCUT2D eigenvalue weighted by Crippen LogP contribution is -2.27. The van der Waals surface area contributed by atoms with Crippen molar-refractivity contribution in [2.24, 2.45) is 5.92 Å². The molecule has 1 aliphatic rings. The van der Waals surface area contributed by atoms with Crippen LogP contribution >= 0.6 is 0 Å². The number of halogens is 1. The fraction of sp³-hybridized carbons (Fsp3) is 0.333. The van der Waals surface area contributed by atoms with Crippen LogP contribution in [0.4, 0.5) is 4.39 Å². The van der Waals surface area contributed by atoms with Gasteiger partial charge in [0, 0.05) is 25.6 Å². The van der Waals surface area contributed by atoms with Crippen molar-refractivity contribution >= 4 is 18.0 Å². The van der Waals surface area contributed by atoms with E-state index in [4.69, 9.17) is 5.11 Å². The molecule has 1 fully saturated rings. The highest BCUT2D eigenvalue weighted by Crippen LogP contribution is 2.20. The van der Waals surface area contributed by atoms with E-state index >= 15 is 0 Å². The summed E-state index contributed by atoms with van der Waals surface area (Å²) >= 11 is 0. The van der Waals surface area contributed by atoms with Crippen LogP contribution in [0.3, 0.4) is 0 Å². The van der Waals surface area contributed by atoms with Crippen molar-refractivity contribution in [1.82, 2.24) is 4.90 Å². The summed E-state index contributed by atoms with van der Waals surface area (Å²) in [6, 6.07) is 5.86. The van der Waals surface area contributed by atoms with Gasteiger partial charge < -0.3 is 10.0 Å². The number of likely N-dealkylation sites (tertiary alicyclic amines) is 1. The SMILES string of the molecule is O=C(O)CC1CCN(C(=O)C=Cc2ccc(F)cc2)C1. The standard InChI is InChI=1S/C15H16FNO3/c16-13-4-1-11(2-5-13)3-6-14(18)17-8-7-12(10-17)9-15(19)20/h1-6,12H,7-10H2,(H,19,20). The first-order valence-electron chi connectivity index (χ1n) is 6.49. The van der Waals surface area contributed by atoms with Gasteiger partial charge in [-0.2, -0.15) is 0 Å². The molecule has 106 valence electrons. The van der Waals surface area contributed by atoms with Crippen LogP contribution in [-0.4, -0.2) is 35.0 Å². The minimum Gasteiger partial charge on any atom is -0.481 e. The van der Waals surface area contributed by atoms with Gasteiger partial charge >= 0.3 is 5.97 Å². The molecule has 1 amide bonds. The van der Waals surface area contributed by atoms with Gasteiger partial charge in [-0.1, -0.05) is 12.1 Å². The number of carbonyl (C=O) groups is 2. The summed E-state index contributed by atoms with van der Waals surface area (Å²) in [6.07, 6.45) is 3.90. The summed E-state index contributed by atoms with van der Waals surface area (Å²) in [5, 5.41) is 8.73. The molecule has 1 saturated heterocycles. The highest BCUT2D eigenvalue weighted by molar-refractivity contribution is 5.92. The van der Waals surface area contributed by atoms with E-state index in [1.54, 1.807) is 23.1 Å². The smallest absolute Gasteiger partial charge is 0.303 e. The Kier molecular flexibility index (Phi) is 4.50. The van der Waals surface area contributed by atoms with Crippen LogP contribution < -0.4 is 0 Å². The molecule has 1 unspecified atom stereocenters. The van der Waals surface area contributed by atoms with E-state index < -0.39 is 5.97 Å². The van der Waals surface area contributed by atoms with Gasteiger partial charge in [0.05, 0.1) is 0 Å². The Labute approximate surface area is 116 Å². The Morgan fingerprint density at radius 3 is 2.70 bits per heavy atom. The van der Waals surface area contributed by atoms with Crippen molar-refractivity contribution in [3.8, 4) is 0 Å². The molecule has 20 heavy (non-hydrogen) atoms.